The number of hydrogen-bond acceptors (Lipinski definition) is 3. The fourth-order valence-corrected chi connectivity index (χ4v) is 1.36. The number of likely N-dealkylation sites (N-methyl/N-ethyl adjacent to an activating group) is 1. The Hall–Kier alpha value is -0.610. The molecule has 0 aromatic rings. The third-order valence-corrected chi connectivity index (χ3v) is 2.01. The normalized spacial score (nSPS) is 28.8. The summed E-state index contributed by atoms with van der Waals surface area (Å²) in [5.41, 5.74) is 5.41. The molecule has 0 radical (unpaired) electrons. The molecule has 70 valence electrons. The van der Waals surface area contributed by atoms with E-state index in [2.05, 4.69) is 5.32 Å². The van der Waals surface area contributed by atoms with E-state index in [1.165, 1.54) is 0 Å². The predicted molar refractivity (Wildman–Crippen MR) is 45.6 cm³/mol. The highest BCUT2D eigenvalue weighted by Crippen LogP contribution is 2.18. The molecule has 1 aliphatic rings. The van der Waals surface area contributed by atoms with Gasteiger partial charge in [-0.25, -0.2) is 0 Å². The lowest BCUT2D eigenvalue weighted by atomic mass is 10.2. The third kappa shape index (κ3) is 2.19. The lowest BCUT2D eigenvalue weighted by Gasteiger charge is -2.11. The van der Waals surface area contributed by atoms with Crippen molar-refractivity contribution in [2.45, 2.75) is 32.0 Å². The van der Waals surface area contributed by atoms with E-state index in [1.807, 2.05) is 6.92 Å². The van der Waals surface area contributed by atoms with Crippen LogP contribution in [0.5, 0.6) is 0 Å². The van der Waals surface area contributed by atoms with Crippen LogP contribution in [0.25, 0.3) is 0 Å². The van der Waals surface area contributed by atoms with Gasteiger partial charge in [-0.15, -0.1) is 0 Å². The van der Waals surface area contributed by atoms with Crippen LogP contribution in [0.15, 0.2) is 0 Å². The van der Waals surface area contributed by atoms with Gasteiger partial charge in [0, 0.05) is 13.1 Å². The molecule has 1 amide bonds. The second-order valence-corrected chi connectivity index (χ2v) is 2.95. The molecule has 0 bridgehead atoms. The lowest BCUT2D eigenvalue weighted by molar-refractivity contribution is -0.131. The molecule has 1 saturated heterocycles. The van der Waals surface area contributed by atoms with Gasteiger partial charge in [-0.1, -0.05) is 0 Å². The minimum Gasteiger partial charge on any atom is -0.364 e. The van der Waals surface area contributed by atoms with Gasteiger partial charge in [-0.3, -0.25) is 4.79 Å². The third-order valence-electron chi connectivity index (χ3n) is 2.01. The summed E-state index contributed by atoms with van der Waals surface area (Å²) >= 11 is 0. The Morgan fingerprint density at radius 1 is 1.67 bits per heavy atom. The Bertz CT molecular complexity index is 161. The Labute approximate surface area is 72.5 Å². The summed E-state index contributed by atoms with van der Waals surface area (Å²) in [7, 11) is 0. The highest BCUT2D eigenvalue weighted by molar-refractivity contribution is 5.80. The van der Waals surface area contributed by atoms with Crippen LogP contribution >= 0.6 is 0 Å². The van der Waals surface area contributed by atoms with Gasteiger partial charge in [-0.2, -0.15) is 0 Å². The zero-order valence-electron chi connectivity index (χ0n) is 7.38. The fourth-order valence-electron chi connectivity index (χ4n) is 1.36. The second kappa shape index (κ2) is 4.42. The topological polar surface area (TPSA) is 64.4 Å². The number of rotatable bonds is 3. The molecule has 0 spiro atoms. The lowest BCUT2D eigenvalue weighted by Crippen LogP contribution is -2.35. The van der Waals surface area contributed by atoms with Crippen molar-refractivity contribution < 1.29 is 9.53 Å². The number of amides is 1. The van der Waals surface area contributed by atoms with Gasteiger partial charge in [-0.05, 0) is 19.8 Å². The molecule has 3 N–H and O–H groups in total. The SMILES string of the molecule is CCNC(=O)C1CCC(CN)O1. The van der Waals surface area contributed by atoms with Gasteiger partial charge in [0.2, 0.25) is 5.91 Å². The Kier molecular flexibility index (Phi) is 3.49. The van der Waals surface area contributed by atoms with Gasteiger partial charge in [0.15, 0.2) is 0 Å². The first kappa shape index (κ1) is 9.48. The van der Waals surface area contributed by atoms with E-state index in [0.717, 1.165) is 12.8 Å². The molecule has 0 aliphatic carbocycles. The molecule has 4 nitrogen and oxygen atoms in total. The number of nitrogens with two attached hydrogens (primary N) is 1. The molecule has 4 heteroatoms. The maximum atomic E-state index is 11.2. The van der Waals surface area contributed by atoms with Crippen molar-refractivity contribution in [1.29, 1.82) is 0 Å². The quantitative estimate of drug-likeness (QED) is 0.610. The molecule has 1 fully saturated rings. The first-order valence-corrected chi connectivity index (χ1v) is 4.41. The van der Waals surface area contributed by atoms with E-state index in [-0.39, 0.29) is 18.1 Å². The van der Waals surface area contributed by atoms with Gasteiger partial charge >= 0.3 is 0 Å². The predicted octanol–water partition coefficient (Wildman–Crippen LogP) is -0.371. The van der Waals surface area contributed by atoms with Crippen LogP contribution in [-0.4, -0.2) is 31.2 Å². The zero-order chi connectivity index (χ0) is 8.97. The summed E-state index contributed by atoms with van der Waals surface area (Å²) in [4.78, 5) is 11.2. The van der Waals surface area contributed by atoms with E-state index in [1.54, 1.807) is 0 Å². The van der Waals surface area contributed by atoms with E-state index >= 15 is 0 Å². The molecular weight excluding hydrogens is 156 g/mol. The van der Waals surface area contributed by atoms with Gasteiger partial charge < -0.3 is 15.8 Å². The van der Waals surface area contributed by atoms with Crippen molar-refractivity contribution in [2.75, 3.05) is 13.1 Å². The van der Waals surface area contributed by atoms with Crippen molar-refractivity contribution in [3.05, 3.63) is 0 Å². The Morgan fingerprint density at radius 3 is 2.92 bits per heavy atom. The average Bonchev–Trinajstić information content (AvgIpc) is 2.52. The summed E-state index contributed by atoms with van der Waals surface area (Å²) in [6.07, 6.45) is 1.52. The minimum absolute atomic E-state index is 0.00606. The van der Waals surface area contributed by atoms with Crippen LogP contribution in [0.4, 0.5) is 0 Å². The van der Waals surface area contributed by atoms with Crippen molar-refractivity contribution >= 4 is 5.91 Å². The fraction of sp³-hybridized carbons (Fsp3) is 0.875. The highest BCUT2D eigenvalue weighted by Gasteiger charge is 2.29. The molecular formula is C8H16N2O2. The van der Waals surface area contributed by atoms with E-state index in [0.29, 0.717) is 13.1 Å². The second-order valence-electron chi connectivity index (χ2n) is 2.95. The van der Waals surface area contributed by atoms with E-state index in [9.17, 15) is 4.79 Å². The molecule has 2 atom stereocenters. The molecule has 0 saturated carbocycles. The highest BCUT2D eigenvalue weighted by atomic mass is 16.5. The maximum Gasteiger partial charge on any atom is 0.249 e. The number of carbonyl (C=O) groups is 1. The zero-order valence-corrected chi connectivity index (χ0v) is 7.38. The van der Waals surface area contributed by atoms with Crippen molar-refractivity contribution in [1.82, 2.24) is 5.32 Å². The Morgan fingerprint density at radius 2 is 2.42 bits per heavy atom. The number of nitrogens with one attached hydrogen (secondary N) is 1. The van der Waals surface area contributed by atoms with Gasteiger partial charge in [0.25, 0.3) is 0 Å². The molecule has 1 heterocycles. The maximum absolute atomic E-state index is 11.2. The van der Waals surface area contributed by atoms with Gasteiger partial charge in [0.1, 0.15) is 6.10 Å². The minimum atomic E-state index is -0.265. The summed E-state index contributed by atoms with van der Waals surface area (Å²) < 4.78 is 5.39. The van der Waals surface area contributed by atoms with Crippen molar-refractivity contribution in [3.63, 3.8) is 0 Å². The monoisotopic (exact) mass is 172 g/mol. The van der Waals surface area contributed by atoms with E-state index in [4.69, 9.17) is 10.5 Å². The van der Waals surface area contributed by atoms with Crippen LogP contribution in [0.1, 0.15) is 19.8 Å². The van der Waals surface area contributed by atoms with Crippen molar-refractivity contribution in [2.24, 2.45) is 5.73 Å². The van der Waals surface area contributed by atoms with Crippen molar-refractivity contribution in [3.8, 4) is 0 Å². The summed E-state index contributed by atoms with van der Waals surface area (Å²) in [6, 6.07) is 0. The molecule has 1 rings (SSSR count). The smallest absolute Gasteiger partial charge is 0.249 e. The number of ether oxygens (including phenoxy) is 1. The molecule has 1 aliphatic heterocycles. The molecule has 12 heavy (non-hydrogen) atoms. The van der Waals surface area contributed by atoms with Crippen LogP contribution in [0, 0.1) is 0 Å². The number of hydrogen-bond donors (Lipinski definition) is 2. The first-order valence-electron chi connectivity index (χ1n) is 4.41. The van der Waals surface area contributed by atoms with Gasteiger partial charge in [0.05, 0.1) is 6.10 Å². The Balaban J connectivity index is 2.31. The van der Waals surface area contributed by atoms with Crippen LogP contribution < -0.4 is 11.1 Å². The summed E-state index contributed by atoms with van der Waals surface area (Å²) in [5.74, 6) is -0.00606. The largest absolute Gasteiger partial charge is 0.364 e. The summed E-state index contributed by atoms with van der Waals surface area (Å²) in [5, 5.41) is 2.73. The summed E-state index contributed by atoms with van der Waals surface area (Å²) in [6.45, 7) is 3.06. The van der Waals surface area contributed by atoms with Crippen LogP contribution in [0.3, 0.4) is 0 Å². The average molecular weight is 172 g/mol. The molecule has 2 unspecified atom stereocenters. The van der Waals surface area contributed by atoms with Crippen LogP contribution in [-0.2, 0) is 9.53 Å². The molecule has 0 aromatic carbocycles. The number of carbonyl (C=O) groups excluding carboxylic acids is 1. The van der Waals surface area contributed by atoms with E-state index < -0.39 is 0 Å². The molecule has 0 aromatic heterocycles. The van der Waals surface area contributed by atoms with Crippen LogP contribution in [0.2, 0.25) is 0 Å². The first-order chi connectivity index (χ1) is 5.77. The standard InChI is InChI=1S/C8H16N2O2/c1-2-10-8(11)7-4-3-6(5-9)12-7/h6-7H,2-5,9H2,1H3,(H,10,11).